The highest BCUT2D eigenvalue weighted by Gasteiger charge is 2.24. The summed E-state index contributed by atoms with van der Waals surface area (Å²) in [5.41, 5.74) is 3.21. The molecule has 2 aromatic rings. The number of carbonyl (C=O) groups excluding carboxylic acids is 1. The van der Waals surface area contributed by atoms with Crippen LogP contribution in [0.15, 0.2) is 42.5 Å². The second kappa shape index (κ2) is 9.13. The van der Waals surface area contributed by atoms with Crippen LogP contribution in [-0.4, -0.2) is 22.3 Å². The molecular weight excluding hydrogens is 352 g/mol. The van der Waals surface area contributed by atoms with Gasteiger partial charge in [0.2, 0.25) is 0 Å². The van der Waals surface area contributed by atoms with E-state index in [1.807, 2.05) is 38.1 Å². The number of phenols is 2. The van der Waals surface area contributed by atoms with Gasteiger partial charge in [-0.25, -0.2) is 0 Å². The molecule has 150 valence electrons. The average molecular weight is 383 g/mol. The fourth-order valence-corrected chi connectivity index (χ4v) is 3.97. The van der Waals surface area contributed by atoms with Crippen LogP contribution in [0, 0.1) is 0 Å². The van der Waals surface area contributed by atoms with Gasteiger partial charge in [-0.2, -0.15) is 0 Å². The van der Waals surface area contributed by atoms with Crippen molar-refractivity contribution in [2.24, 2.45) is 0 Å². The molecule has 0 radical (unpaired) electrons. The molecule has 4 nitrogen and oxygen atoms in total. The third-order valence-electron chi connectivity index (χ3n) is 5.67. The predicted molar refractivity (Wildman–Crippen MR) is 110 cm³/mol. The van der Waals surface area contributed by atoms with Crippen LogP contribution >= 0.6 is 0 Å². The van der Waals surface area contributed by atoms with Crippen molar-refractivity contribution < 1.29 is 19.7 Å². The number of rotatable bonds is 6. The summed E-state index contributed by atoms with van der Waals surface area (Å²) in [4.78, 5) is 12.3. The third-order valence-corrected chi connectivity index (χ3v) is 5.67. The highest BCUT2D eigenvalue weighted by atomic mass is 16.5. The first kappa shape index (κ1) is 20.2. The molecule has 0 atom stereocenters. The first-order chi connectivity index (χ1) is 13.4. The second-order valence-electron chi connectivity index (χ2n) is 8.10. The summed E-state index contributed by atoms with van der Waals surface area (Å²) in [6, 6.07) is 13.0. The Balaban J connectivity index is 1.45. The molecule has 0 heterocycles. The zero-order valence-corrected chi connectivity index (χ0v) is 16.7. The molecule has 1 fully saturated rings. The second-order valence-corrected chi connectivity index (χ2v) is 8.10. The summed E-state index contributed by atoms with van der Waals surface area (Å²) in [6.07, 6.45) is 4.76. The zero-order valence-electron chi connectivity index (χ0n) is 16.7. The van der Waals surface area contributed by atoms with Crippen LogP contribution in [0.2, 0.25) is 0 Å². The number of ether oxygens (including phenoxy) is 1. The summed E-state index contributed by atoms with van der Waals surface area (Å²) in [5.74, 6) is 1.18. The van der Waals surface area contributed by atoms with Crippen LogP contribution in [0.1, 0.15) is 74.5 Å². The van der Waals surface area contributed by atoms with Crippen LogP contribution in [0.5, 0.6) is 11.5 Å². The van der Waals surface area contributed by atoms with Crippen LogP contribution in [0.4, 0.5) is 0 Å². The van der Waals surface area contributed by atoms with E-state index < -0.39 is 0 Å². The van der Waals surface area contributed by atoms with Crippen molar-refractivity contribution in [1.82, 2.24) is 0 Å². The maximum Gasteiger partial charge on any atom is 0.306 e. The van der Waals surface area contributed by atoms with E-state index >= 15 is 0 Å². The molecule has 2 N–H and O–H groups in total. The fourth-order valence-electron chi connectivity index (χ4n) is 3.97. The van der Waals surface area contributed by atoms with E-state index in [2.05, 4.69) is 0 Å². The number of hydrogen-bond acceptors (Lipinski definition) is 4. The first-order valence-electron chi connectivity index (χ1n) is 10.2. The number of hydrogen-bond donors (Lipinski definition) is 2. The van der Waals surface area contributed by atoms with Crippen molar-refractivity contribution in [2.75, 3.05) is 0 Å². The van der Waals surface area contributed by atoms with Crippen LogP contribution in [-0.2, 0) is 16.0 Å². The minimum Gasteiger partial charge on any atom is -0.508 e. The van der Waals surface area contributed by atoms with E-state index in [0.29, 0.717) is 30.3 Å². The molecule has 1 aliphatic rings. The number of aryl methyl sites for hydroxylation is 1. The molecular formula is C24H30O4. The van der Waals surface area contributed by atoms with Crippen molar-refractivity contribution in [2.45, 2.75) is 70.3 Å². The Morgan fingerprint density at radius 2 is 1.71 bits per heavy atom. The highest BCUT2D eigenvalue weighted by molar-refractivity contribution is 5.70. The van der Waals surface area contributed by atoms with Gasteiger partial charge >= 0.3 is 5.97 Å². The monoisotopic (exact) mass is 382 g/mol. The average Bonchev–Trinajstić information content (AvgIpc) is 2.68. The lowest BCUT2D eigenvalue weighted by Crippen LogP contribution is -2.24. The van der Waals surface area contributed by atoms with Gasteiger partial charge in [0.1, 0.15) is 17.6 Å². The molecule has 0 aromatic heterocycles. The molecule has 0 saturated heterocycles. The molecule has 0 bridgehead atoms. The number of aromatic hydroxyl groups is 2. The quantitative estimate of drug-likeness (QED) is 0.654. The molecule has 28 heavy (non-hydrogen) atoms. The van der Waals surface area contributed by atoms with Crippen LogP contribution in [0.25, 0.3) is 0 Å². The van der Waals surface area contributed by atoms with Gasteiger partial charge < -0.3 is 14.9 Å². The minimum absolute atomic E-state index is 0.00640. The molecule has 1 saturated carbocycles. The molecule has 0 spiro atoms. The molecule has 3 rings (SSSR count). The minimum atomic E-state index is -0.146. The van der Waals surface area contributed by atoms with Gasteiger partial charge in [-0.1, -0.05) is 38.1 Å². The smallest absolute Gasteiger partial charge is 0.306 e. The lowest BCUT2D eigenvalue weighted by molar-refractivity contribution is -0.150. The molecule has 0 unspecified atom stereocenters. The topological polar surface area (TPSA) is 66.8 Å². The van der Waals surface area contributed by atoms with Crippen LogP contribution < -0.4 is 0 Å². The number of carbonyl (C=O) groups is 1. The van der Waals surface area contributed by atoms with Gasteiger partial charge in [0.25, 0.3) is 0 Å². The number of esters is 1. The molecule has 4 heteroatoms. The lowest BCUT2D eigenvalue weighted by Gasteiger charge is -2.28. The Morgan fingerprint density at radius 3 is 2.36 bits per heavy atom. The zero-order chi connectivity index (χ0) is 20.1. The SMILES string of the molecule is CC(C)c1cc(CCC(=O)OC2CCC(c3ccc(O)cc3)CC2)ccc1O. The Morgan fingerprint density at radius 1 is 1.04 bits per heavy atom. The van der Waals surface area contributed by atoms with E-state index in [9.17, 15) is 15.0 Å². The Labute approximate surface area is 167 Å². The fraction of sp³-hybridized carbons (Fsp3) is 0.458. The van der Waals surface area contributed by atoms with E-state index in [-0.39, 0.29) is 18.0 Å². The summed E-state index contributed by atoms with van der Waals surface area (Å²) in [5, 5.41) is 19.3. The summed E-state index contributed by atoms with van der Waals surface area (Å²) in [7, 11) is 0. The molecule has 2 aromatic carbocycles. The first-order valence-corrected chi connectivity index (χ1v) is 10.2. The van der Waals surface area contributed by atoms with Crippen molar-refractivity contribution in [3.63, 3.8) is 0 Å². The van der Waals surface area contributed by atoms with Crippen molar-refractivity contribution in [1.29, 1.82) is 0 Å². The largest absolute Gasteiger partial charge is 0.508 e. The van der Waals surface area contributed by atoms with Gasteiger partial charge in [0, 0.05) is 6.42 Å². The Bertz CT molecular complexity index is 787. The van der Waals surface area contributed by atoms with Crippen molar-refractivity contribution in [3.05, 3.63) is 59.2 Å². The van der Waals surface area contributed by atoms with Gasteiger partial charge in [0.15, 0.2) is 0 Å². The van der Waals surface area contributed by atoms with Gasteiger partial charge in [0.05, 0.1) is 0 Å². The maximum atomic E-state index is 12.3. The standard InChI is InChI=1S/C24H30O4/c1-16(2)22-15-17(3-13-23(22)26)4-14-24(27)28-21-11-7-19(8-12-21)18-5-9-20(25)10-6-18/h3,5-6,9-10,13,15-16,19,21,25-26H,4,7-8,11-12,14H2,1-2H3. The Hall–Kier alpha value is -2.49. The summed E-state index contributed by atoms with van der Waals surface area (Å²) in [6.45, 7) is 4.09. The number of phenolic OH excluding ortho intramolecular Hbond substituents is 2. The predicted octanol–water partition coefficient (Wildman–Crippen LogP) is 5.42. The van der Waals surface area contributed by atoms with Gasteiger partial charge in [-0.05, 0) is 78.8 Å². The highest BCUT2D eigenvalue weighted by Crippen LogP contribution is 2.34. The summed E-state index contributed by atoms with van der Waals surface area (Å²) >= 11 is 0. The maximum absolute atomic E-state index is 12.3. The third kappa shape index (κ3) is 5.28. The Kier molecular flexibility index (Phi) is 6.61. The van der Waals surface area contributed by atoms with Crippen molar-refractivity contribution >= 4 is 5.97 Å². The van der Waals surface area contributed by atoms with E-state index in [0.717, 1.165) is 36.8 Å². The lowest BCUT2D eigenvalue weighted by atomic mass is 9.83. The van der Waals surface area contributed by atoms with Gasteiger partial charge in [-0.15, -0.1) is 0 Å². The number of benzene rings is 2. The summed E-state index contributed by atoms with van der Waals surface area (Å²) < 4.78 is 5.69. The van der Waals surface area contributed by atoms with E-state index in [4.69, 9.17) is 4.74 Å². The van der Waals surface area contributed by atoms with E-state index in [1.165, 1.54) is 5.56 Å². The van der Waals surface area contributed by atoms with Crippen molar-refractivity contribution in [3.8, 4) is 11.5 Å². The molecule has 0 aliphatic heterocycles. The van der Waals surface area contributed by atoms with Crippen LogP contribution in [0.3, 0.4) is 0 Å². The normalized spacial score (nSPS) is 19.5. The van der Waals surface area contributed by atoms with E-state index in [1.54, 1.807) is 18.2 Å². The van der Waals surface area contributed by atoms with Gasteiger partial charge in [-0.3, -0.25) is 4.79 Å². The molecule has 1 aliphatic carbocycles. The molecule has 0 amide bonds.